The van der Waals surface area contributed by atoms with Gasteiger partial charge in [0.15, 0.2) is 6.29 Å². The van der Waals surface area contributed by atoms with Gasteiger partial charge in [0.2, 0.25) is 0 Å². The van der Waals surface area contributed by atoms with E-state index in [-0.39, 0.29) is 18.2 Å². The van der Waals surface area contributed by atoms with Crippen LogP contribution >= 0.6 is 0 Å². The molecule has 1 aromatic rings. The van der Waals surface area contributed by atoms with Crippen molar-refractivity contribution in [1.82, 2.24) is 4.90 Å². The van der Waals surface area contributed by atoms with E-state index in [1.165, 1.54) is 5.56 Å². The third kappa shape index (κ3) is 4.90. The molecular formula is C20H27NO2. The molecule has 0 aliphatic carbocycles. The number of rotatable bonds is 9. The molecule has 0 saturated carbocycles. The molecule has 1 saturated heterocycles. The fourth-order valence-corrected chi connectivity index (χ4v) is 3.08. The quantitative estimate of drug-likeness (QED) is 0.644. The van der Waals surface area contributed by atoms with Crippen LogP contribution in [-0.2, 0) is 9.47 Å². The largest absolute Gasteiger partial charge is 0.352 e. The SMILES string of the molecule is C=CCC1OCC(C(c2ccccc2)N(CC=C)CC=C)CO1. The normalized spacial score (nSPS) is 22.5. The number of benzene rings is 1. The number of hydrogen-bond acceptors (Lipinski definition) is 3. The maximum atomic E-state index is 5.87. The Hall–Kier alpha value is -1.68. The number of hydrogen-bond donors (Lipinski definition) is 0. The summed E-state index contributed by atoms with van der Waals surface area (Å²) >= 11 is 0. The lowest BCUT2D eigenvalue weighted by Gasteiger charge is -2.39. The minimum atomic E-state index is -0.160. The molecule has 124 valence electrons. The maximum absolute atomic E-state index is 5.87. The second-order valence-electron chi connectivity index (χ2n) is 5.77. The van der Waals surface area contributed by atoms with Gasteiger partial charge in [0, 0.05) is 31.5 Å². The van der Waals surface area contributed by atoms with E-state index in [1.54, 1.807) is 0 Å². The average Bonchev–Trinajstić information content (AvgIpc) is 2.58. The minimum absolute atomic E-state index is 0.160. The van der Waals surface area contributed by atoms with Gasteiger partial charge in [-0.3, -0.25) is 4.90 Å². The van der Waals surface area contributed by atoms with Gasteiger partial charge in [0.1, 0.15) is 0 Å². The third-order valence-electron chi connectivity index (χ3n) is 4.06. The second kappa shape index (κ2) is 9.46. The molecule has 1 aliphatic rings. The topological polar surface area (TPSA) is 21.7 Å². The monoisotopic (exact) mass is 313 g/mol. The molecule has 1 unspecified atom stereocenters. The van der Waals surface area contributed by atoms with Gasteiger partial charge in [-0.2, -0.15) is 0 Å². The number of ether oxygens (including phenoxy) is 2. The Labute approximate surface area is 139 Å². The zero-order valence-electron chi connectivity index (χ0n) is 13.8. The molecular weight excluding hydrogens is 286 g/mol. The van der Waals surface area contributed by atoms with Gasteiger partial charge in [-0.25, -0.2) is 0 Å². The van der Waals surface area contributed by atoms with Gasteiger partial charge >= 0.3 is 0 Å². The molecule has 0 bridgehead atoms. The molecule has 2 rings (SSSR count). The van der Waals surface area contributed by atoms with Gasteiger partial charge in [-0.05, 0) is 5.56 Å². The third-order valence-corrected chi connectivity index (χ3v) is 4.06. The van der Waals surface area contributed by atoms with E-state index in [4.69, 9.17) is 9.47 Å². The van der Waals surface area contributed by atoms with Crippen molar-refractivity contribution in [1.29, 1.82) is 0 Å². The van der Waals surface area contributed by atoms with Gasteiger partial charge < -0.3 is 9.47 Å². The molecule has 0 N–H and O–H groups in total. The van der Waals surface area contributed by atoms with Gasteiger partial charge in [-0.1, -0.05) is 48.6 Å². The van der Waals surface area contributed by atoms with Gasteiger partial charge in [-0.15, -0.1) is 19.7 Å². The van der Waals surface area contributed by atoms with Gasteiger partial charge in [0.05, 0.1) is 13.2 Å². The highest BCUT2D eigenvalue weighted by molar-refractivity contribution is 5.20. The van der Waals surface area contributed by atoms with E-state index in [2.05, 4.69) is 48.9 Å². The molecule has 3 nitrogen and oxygen atoms in total. The summed E-state index contributed by atoms with van der Waals surface area (Å²) in [6.07, 6.45) is 6.27. The summed E-state index contributed by atoms with van der Waals surface area (Å²) in [6.45, 7) is 14.5. The van der Waals surface area contributed by atoms with E-state index in [9.17, 15) is 0 Å². The summed E-state index contributed by atoms with van der Waals surface area (Å²) in [5.74, 6) is 0.276. The smallest absolute Gasteiger partial charge is 0.160 e. The summed E-state index contributed by atoms with van der Waals surface area (Å²) < 4.78 is 11.7. The molecule has 3 heteroatoms. The van der Waals surface area contributed by atoms with E-state index in [0.717, 1.165) is 19.5 Å². The first kappa shape index (κ1) is 17.7. The Kier molecular flexibility index (Phi) is 7.27. The molecule has 1 heterocycles. The van der Waals surface area contributed by atoms with Crippen molar-refractivity contribution >= 4 is 0 Å². The van der Waals surface area contributed by atoms with Crippen LogP contribution in [0.5, 0.6) is 0 Å². The lowest BCUT2D eigenvalue weighted by Crippen LogP contribution is -2.42. The standard InChI is InChI=1S/C20H27NO2/c1-4-10-19-22-15-18(16-23-19)20(17-11-8-7-9-12-17)21(13-5-2)14-6-3/h4-9,11-12,18-20H,1-3,10,13-16H2. The first-order chi connectivity index (χ1) is 11.3. The average molecular weight is 313 g/mol. The fourth-order valence-electron chi connectivity index (χ4n) is 3.08. The van der Waals surface area contributed by atoms with Crippen LogP contribution in [0.1, 0.15) is 18.0 Å². The van der Waals surface area contributed by atoms with Crippen molar-refractivity contribution in [2.45, 2.75) is 18.8 Å². The zero-order chi connectivity index (χ0) is 16.5. The lowest BCUT2D eigenvalue weighted by atomic mass is 9.91. The second-order valence-corrected chi connectivity index (χ2v) is 5.77. The van der Waals surface area contributed by atoms with Crippen molar-refractivity contribution in [2.75, 3.05) is 26.3 Å². The van der Waals surface area contributed by atoms with E-state index in [0.29, 0.717) is 13.2 Å². The van der Waals surface area contributed by atoms with E-state index >= 15 is 0 Å². The van der Waals surface area contributed by atoms with Crippen LogP contribution in [0.4, 0.5) is 0 Å². The molecule has 0 spiro atoms. The molecule has 23 heavy (non-hydrogen) atoms. The van der Waals surface area contributed by atoms with E-state index < -0.39 is 0 Å². The lowest BCUT2D eigenvalue weighted by molar-refractivity contribution is -0.207. The Morgan fingerprint density at radius 2 is 1.61 bits per heavy atom. The minimum Gasteiger partial charge on any atom is -0.352 e. The maximum Gasteiger partial charge on any atom is 0.160 e. The highest BCUT2D eigenvalue weighted by Gasteiger charge is 2.32. The molecule has 1 fully saturated rings. The van der Waals surface area contributed by atoms with Crippen molar-refractivity contribution in [3.05, 3.63) is 73.9 Å². The molecule has 0 amide bonds. The molecule has 0 aromatic heterocycles. The molecule has 1 aromatic carbocycles. The Bertz CT molecular complexity index is 482. The highest BCUT2D eigenvalue weighted by atomic mass is 16.7. The molecule has 1 atom stereocenters. The summed E-state index contributed by atoms with van der Waals surface area (Å²) in [5.41, 5.74) is 1.27. The van der Waals surface area contributed by atoms with Gasteiger partial charge in [0.25, 0.3) is 0 Å². The van der Waals surface area contributed by atoms with Crippen molar-refractivity contribution in [3.8, 4) is 0 Å². The van der Waals surface area contributed by atoms with Crippen LogP contribution in [0.3, 0.4) is 0 Å². The summed E-state index contributed by atoms with van der Waals surface area (Å²) in [4.78, 5) is 2.36. The summed E-state index contributed by atoms with van der Waals surface area (Å²) in [6, 6.07) is 10.7. The Balaban J connectivity index is 2.18. The van der Waals surface area contributed by atoms with E-state index in [1.807, 2.05) is 24.3 Å². The predicted octanol–water partition coefficient (Wildman–Crippen LogP) is 3.97. The van der Waals surface area contributed by atoms with Crippen LogP contribution in [0, 0.1) is 5.92 Å². The van der Waals surface area contributed by atoms with Crippen molar-refractivity contribution < 1.29 is 9.47 Å². The Morgan fingerprint density at radius 1 is 1.00 bits per heavy atom. The first-order valence-electron chi connectivity index (χ1n) is 8.15. The molecule has 0 radical (unpaired) electrons. The van der Waals surface area contributed by atoms with Crippen LogP contribution in [0.2, 0.25) is 0 Å². The summed E-state index contributed by atoms with van der Waals surface area (Å²) in [5, 5.41) is 0. The van der Waals surface area contributed by atoms with Crippen LogP contribution < -0.4 is 0 Å². The highest BCUT2D eigenvalue weighted by Crippen LogP contribution is 2.32. The van der Waals surface area contributed by atoms with Crippen LogP contribution in [-0.4, -0.2) is 37.5 Å². The van der Waals surface area contributed by atoms with Crippen LogP contribution in [0.15, 0.2) is 68.3 Å². The van der Waals surface area contributed by atoms with Crippen molar-refractivity contribution in [2.24, 2.45) is 5.92 Å². The molecule has 1 aliphatic heterocycles. The van der Waals surface area contributed by atoms with Crippen LogP contribution in [0.25, 0.3) is 0 Å². The predicted molar refractivity (Wildman–Crippen MR) is 95.1 cm³/mol. The van der Waals surface area contributed by atoms with Crippen molar-refractivity contribution in [3.63, 3.8) is 0 Å². The summed E-state index contributed by atoms with van der Waals surface area (Å²) in [7, 11) is 0. The fraction of sp³-hybridized carbons (Fsp3) is 0.400. The first-order valence-corrected chi connectivity index (χ1v) is 8.15. The number of nitrogens with zero attached hydrogens (tertiary/aromatic N) is 1. The Morgan fingerprint density at radius 3 is 2.13 bits per heavy atom. The zero-order valence-corrected chi connectivity index (χ0v) is 13.8.